The third-order valence-electron chi connectivity index (χ3n) is 7.94. The fraction of sp³-hybridized carbons (Fsp3) is 0.393. The molecule has 0 saturated carbocycles. The van der Waals surface area contributed by atoms with Gasteiger partial charge in [0.25, 0.3) is 5.56 Å². The van der Waals surface area contributed by atoms with Crippen molar-refractivity contribution in [2.24, 2.45) is 0 Å². The van der Waals surface area contributed by atoms with Crippen LogP contribution < -0.4 is 20.3 Å². The van der Waals surface area contributed by atoms with Crippen LogP contribution in [-0.4, -0.2) is 72.1 Å². The zero-order valence-corrected chi connectivity index (χ0v) is 22.2. The van der Waals surface area contributed by atoms with Crippen molar-refractivity contribution in [1.29, 1.82) is 0 Å². The molecule has 3 aromatic rings. The van der Waals surface area contributed by atoms with Crippen molar-refractivity contribution in [2.75, 3.05) is 39.6 Å². The number of morpholine rings is 1. The van der Waals surface area contributed by atoms with Crippen LogP contribution in [0.2, 0.25) is 0 Å². The summed E-state index contributed by atoms with van der Waals surface area (Å²) in [6, 6.07) is 6.86. The molecule has 0 unspecified atom stereocenters. The summed E-state index contributed by atoms with van der Waals surface area (Å²) in [5.41, 5.74) is 0.879. The Bertz CT molecular complexity index is 1690. The number of carbonyl (C=O) groups is 3. The third kappa shape index (κ3) is 3.98. The molecule has 212 valence electrons. The van der Waals surface area contributed by atoms with Crippen molar-refractivity contribution in [1.82, 2.24) is 19.8 Å². The first-order chi connectivity index (χ1) is 19.9. The van der Waals surface area contributed by atoms with E-state index in [1.807, 2.05) is 12.1 Å². The quantitative estimate of drug-likeness (QED) is 0.362. The Balaban J connectivity index is 1.23. The number of ether oxygens (including phenoxy) is 5. The van der Waals surface area contributed by atoms with Crippen LogP contribution >= 0.6 is 0 Å². The Morgan fingerprint density at radius 1 is 1.07 bits per heavy atom. The van der Waals surface area contributed by atoms with Gasteiger partial charge >= 0.3 is 18.0 Å². The number of nitrogens with one attached hydrogen (secondary N) is 1. The third-order valence-corrected chi connectivity index (χ3v) is 7.94. The minimum Gasteiger partial charge on any atom is -0.457 e. The van der Waals surface area contributed by atoms with Gasteiger partial charge in [-0.25, -0.2) is 14.6 Å². The van der Waals surface area contributed by atoms with Crippen molar-refractivity contribution in [3.63, 3.8) is 0 Å². The molecule has 6 heterocycles. The molecule has 0 spiro atoms. The smallest absolute Gasteiger partial charge is 0.355 e. The molecule has 13 heteroatoms. The second-order valence-electron chi connectivity index (χ2n) is 10.2. The van der Waals surface area contributed by atoms with Crippen molar-refractivity contribution >= 4 is 28.9 Å². The molecular formula is C28H26N4O9. The molecule has 0 bridgehead atoms. The number of carbonyl (C=O) groups excluding carboxylic acids is 3. The van der Waals surface area contributed by atoms with E-state index in [9.17, 15) is 19.2 Å². The van der Waals surface area contributed by atoms with Crippen LogP contribution in [0.3, 0.4) is 0 Å². The highest BCUT2D eigenvalue weighted by Gasteiger charge is 2.50. The molecule has 2 amide bonds. The Morgan fingerprint density at radius 3 is 2.63 bits per heavy atom. The summed E-state index contributed by atoms with van der Waals surface area (Å²) >= 11 is 0. The second kappa shape index (κ2) is 9.47. The maximum Gasteiger partial charge on any atom is 0.355 e. The molecule has 0 aliphatic carbocycles. The summed E-state index contributed by atoms with van der Waals surface area (Å²) in [5, 5.41) is 3.37. The van der Waals surface area contributed by atoms with E-state index in [1.54, 1.807) is 23.6 Å². The topological polar surface area (TPSA) is 148 Å². The number of nitrogens with zero attached hydrogens (tertiary/aromatic N) is 3. The summed E-state index contributed by atoms with van der Waals surface area (Å²) in [7, 11) is 0. The maximum absolute atomic E-state index is 13.7. The summed E-state index contributed by atoms with van der Waals surface area (Å²) in [4.78, 5) is 58.7. The van der Waals surface area contributed by atoms with Crippen LogP contribution in [0.4, 0.5) is 4.79 Å². The molecule has 0 radical (unpaired) electrons. The van der Waals surface area contributed by atoms with E-state index >= 15 is 0 Å². The average Bonchev–Trinajstić information content (AvgIpc) is 3.59. The number of hydrogen-bond acceptors (Lipinski definition) is 10. The maximum atomic E-state index is 13.7. The molecule has 1 aromatic carbocycles. The van der Waals surface area contributed by atoms with Gasteiger partial charge in [0, 0.05) is 35.7 Å². The van der Waals surface area contributed by atoms with Crippen LogP contribution in [0.15, 0.2) is 29.1 Å². The molecule has 1 N–H and O–H groups in total. The zero-order valence-electron chi connectivity index (χ0n) is 22.2. The van der Waals surface area contributed by atoms with Crippen LogP contribution in [0.25, 0.3) is 22.3 Å². The molecule has 2 aromatic heterocycles. The summed E-state index contributed by atoms with van der Waals surface area (Å²) in [6.45, 7) is 3.03. The van der Waals surface area contributed by atoms with Gasteiger partial charge in [-0.1, -0.05) is 6.92 Å². The Kier molecular flexibility index (Phi) is 5.85. The van der Waals surface area contributed by atoms with Crippen LogP contribution in [0.5, 0.6) is 11.5 Å². The number of fused-ring (bicyclic) bond motifs is 6. The number of hydrogen-bond donors (Lipinski definition) is 1. The normalized spacial score (nSPS) is 20.2. The summed E-state index contributed by atoms with van der Waals surface area (Å²) in [6.07, 6.45) is 0.0202. The lowest BCUT2D eigenvalue weighted by atomic mass is 9.85. The molecule has 1 saturated heterocycles. The average molecular weight is 563 g/mol. The number of benzene rings is 1. The minimum atomic E-state index is -1.85. The highest BCUT2D eigenvalue weighted by Crippen LogP contribution is 2.42. The number of esters is 2. The van der Waals surface area contributed by atoms with Gasteiger partial charge in [-0.15, -0.1) is 0 Å². The van der Waals surface area contributed by atoms with E-state index in [-0.39, 0.29) is 43.1 Å². The molecule has 7 rings (SSSR count). The van der Waals surface area contributed by atoms with E-state index < -0.39 is 30.1 Å². The van der Waals surface area contributed by atoms with E-state index in [0.717, 1.165) is 10.9 Å². The van der Waals surface area contributed by atoms with E-state index in [0.29, 0.717) is 54.7 Å². The van der Waals surface area contributed by atoms with Gasteiger partial charge in [0.2, 0.25) is 12.4 Å². The number of urea groups is 1. The lowest BCUT2D eigenvalue weighted by molar-refractivity contribution is -0.188. The van der Waals surface area contributed by atoms with E-state index in [2.05, 4.69) is 5.32 Å². The highest BCUT2D eigenvalue weighted by molar-refractivity contribution is 5.90. The molecule has 13 nitrogen and oxygen atoms in total. The first-order valence-corrected chi connectivity index (χ1v) is 13.4. The molecule has 1 atom stereocenters. The van der Waals surface area contributed by atoms with E-state index in [1.165, 1.54) is 4.90 Å². The molecule has 41 heavy (non-hydrogen) atoms. The number of pyridine rings is 2. The predicted octanol–water partition coefficient (Wildman–Crippen LogP) is 1.40. The Morgan fingerprint density at radius 2 is 1.85 bits per heavy atom. The van der Waals surface area contributed by atoms with Crippen LogP contribution in [0.1, 0.15) is 30.0 Å². The van der Waals surface area contributed by atoms with Gasteiger partial charge < -0.3 is 38.5 Å². The highest BCUT2D eigenvalue weighted by atomic mass is 16.7. The lowest BCUT2D eigenvalue weighted by Crippen LogP contribution is -2.50. The first kappa shape index (κ1) is 25.3. The van der Waals surface area contributed by atoms with Gasteiger partial charge in [0.1, 0.15) is 13.2 Å². The van der Waals surface area contributed by atoms with Gasteiger partial charge in [0.05, 0.1) is 42.2 Å². The van der Waals surface area contributed by atoms with Crippen LogP contribution in [-0.2, 0) is 42.6 Å². The molecule has 4 aliphatic heterocycles. The fourth-order valence-electron chi connectivity index (χ4n) is 5.79. The molecule has 4 aliphatic rings. The summed E-state index contributed by atoms with van der Waals surface area (Å²) < 4.78 is 28.9. The van der Waals surface area contributed by atoms with Gasteiger partial charge in [-0.05, 0) is 24.6 Å². The van der Waals surface area contributed by atoms with Crippen molar-refractivity contribution < 1.29 is 38.1 Å². The number of aromatic nitrogens is 2. The number of amides is 2. The van der Waals surface area contributed by atoms with Crippen LogP contribution in [0, 0.1) is 0 Å². The van der Waals surface area contributed by atoms with Crippen molar-refractivity contribution in [3.05, 3.63) is 51.3 Å². The molecular weight excluding hydrogens is 536 g/mol. The molecule has 1 fully saturated rings. The number of cyclic esters (lactones) is 1. The van der Waals surface area contributed by atoms with Gasteiger partial charge in [-0.3, -0.25) is 9.59 Å². The summed E-state index contributed by atoms with van der Waals surface area (Å²) in [5.74, 6) is -0.388. The van der Waals surface area contributed by atoms with Crippen molar-refractivity contribution in [2.45, 2.75) is 32.1 Å². The number of rotatable bonds is 4. The Hall–Kier alpha value is -4.65. The SMILES string of the molecule is CC[C@@]1(OC(=O)CNC(=O)N2CCOCC2)C(=O)OCc2c1cc1n(c2=O)Cc2cc3cc4c(cc3nc2-1)OCO4. The predicted molar refractivity (Wildman–Crippen MR) is 140 cm³/mol. The van der Waals surface area contributed by atoms with Crippen molar-refractivity contribution in [3.8, 4) is 22.9 Å². The van der Waals surface area contributed by atoms with Gasteiger partial charge in [0.15, 0.2) is 11.5 Å². The van der Waals surface area contributed by atoms with E-state index in [4.69, 9.17) is 28.7 Å². The Labute approximate surface area is 232 Å². The van der Waals surface area contributed by atoms with Gasteiger partial charge in [-0.2, -0.15) is 0 Å². The zero-order chi connectivity index (χ0) is 28.3. The lowest BCUT2D eigenvalue weighted by Gasteiger charge is -2.35. The first-order valence-electron chi connectivity index (χ1n) is 13.4. The standard InChI is InChI=1S/C28H26N4O9/c1-2-28(41-23(33)11-29-27(36)31-3-5-37-6-4-31)18-9-20-24-16(12-32(20)25(34)17(18)13-38-26(28)35)7-15-8-21-22(40-14-39-21)10-19(15)30-24/h7-10H,2-6,11-14H2,1H3,(H,29,36)/t28-/m0/s1. The monoisotopic (exact) mass is 562 g/mol. The fourth-order valence-corrected chi connectivity index (χ4v) is 5.79. The largest absolute Gasteiger partial charge is 0.457 e. The second-order valence-corrected chi connectivity index (χ2v) is 10.2. The minimum absolute atomic E-state index is 0.0202.